The fourth-order valence-corrected chi connectivity index (χ4v) is 5.16. The summed E-state index contributed by atoms with van der Waals surface area (Å²) in [6.07, 6.45) is 7.86. The van der Waals surface area contributed by atoms with Crippen LogP contribution >= 0.6 is 11.8 Å². The number of fused-ring (bicyclic) bond motifs is 1. The monoisotopic (exact) mass is 475 g/mol. The van der Waals surface area contributed by atoms with E-state index in [0.717, 1.165) is 53.5 Å². The first-order chi connectivity index (χ1) is 15.3. The van der Waals surface area contributed by atoms with Gasteiger partial charge in [-0.25, -0.2) is 17.7 Å². The second-order valence-electron chi connectivity index (χ2n) is 8.17. The lowest BCUT2D eigenvalue weighted by atomic mass is 9.92. The summed E-state index contributed by atoms with van der Waals surface area (Å²) in [5.74, 6) is 1.52. The van der Waals surface area contributed by atoms with Crippen LogP contribution in [0.5, 0.6) is 0 Å². The molecule has 9 nitrogen and oxygen atoms in total. The van der Waals surface area contributed by atoms with E-state index in [1.54, 1.807) is 46.7 Å². The van der Waals surface area contributed by atoms with Crippen molar-refractivity contribution in [3.63, 3.8) is 0 Å². The highest BCUT2D eigenvalue weighted by molar-refractivity contribution is 7.98. The molecule has 0 amide bonds. The van der Waals surface area contributed by atoms with E-state index in [0.29, 0.717) is 6.04 Å². The molecule has 1 fully saturated rings. The maximum Gasteiger partial charge on any atom is 0.242 e. The lowest BCUT2D eigenvalue weighted by Gasteiger charge is -2.27. The van der Waals surface area contributed by atoms with Crippen molar-refractivity contribution in [1.82, 2.24) is 18.9 Å². The highest BCUT2D eigenvalue weighted by Crippen LogP contribution is 2.28. The molecule has 2 heterocycles. The van der Waals surface area contributed by atoms with Crippen LogP contribution in [0.1, 0.15) is 25.7 Å². The number of aromatic nitrogens is 3. The summed E-state index contributed by atoms with van der Waals surface area (Å²) in [7, 11) is -0.435. The van der Waals surface area contributed by atoms with E-state index in [-0.39, 0.29) is 10.9 Å². The number of nitrogens with zero attached hydrogens (tertiary/aromatic N) is 4. The number of benzene rings is 1. The van der Waals surface area contributed by atoms with Gasteiger partial charge in [0.25, 0.3) is 0 Å². The Hall–Kier alpha value is -2.34. The number of rotatable bonds is 7. The Morgan fingerprint density at radius 2 is 1.84 bits per heavy atom. The van der Waals surface area contributed by atoms with Crippen molar-refractivity contribution < 1.29 is 8.42 Å². The van der Waals surface area contributed by atoms with Crippen molar-refractivity contribution in [2.45, 2.75) is 47.6 Å². The molecular weight excluding hydrogens is 446 g/mol. The van der Waals surface area contributed by atoms with Crippen LogP contribution < -0.4 is 16.4 Å². The van der Waals surface area contributed by atoms with Gasteiger partial charge in [0.15, 0.2) is 5.65 Å². The predicted octanol–water partition coefficient (Wildman–Crippen LogP) is 3.13. The van der Waals surface area contributed by atoms with Gasteiger partial charge in [-0.2, -0.15) is 9.61 Å². The minimum Gasteiger partial charge on any atom is -0.367 e. The maximum atomic E-state index is 12.3. The maximum absolute atomic E-state index is 12.3. The van der Waals surface area contributed by atoms with Gasteiger partial charge in [0.2, 0.25) is 10.0 Å². The van der Waals surface area contributed by atoms with Crippen LogP contribution in [0.25, 0.3) is 5.65 Å². The number of sulfonamides is 1. The molecule has 1 aliphatic carbocycles. The molecule has 4 rings (SSSR count). The summed E-state index contributed by atoms with van der Waals surface area (Å²) in [4.78, 5) is 6.03. The van der Waals surface area contributed by atoms with Gasteiger partial charge < -0.3 is 16.4 Å². The van der Waals surface area contributed by atoms with E-state index in [2.05, 4.69) is 15.7 Å². The minimum absolute atomic E-state index is 0.245. The fraction of sp³-hybridized carbons (Fsp3) is 0.429. The molecule has 0 bridgehead atoms. The second-order valence-corrected chi connectivity index (χ2v) is 11.2. The van der Waals surface area contributed by atoms with Gasteiger partial charge in [-0.3, -0.25) is 0 Å². The van der Waals surface area contributed by atoms with Crippen molar-refractivity contribution >= 4 is 44.8 Å². The van der Waals surface area contributed by atoms with Gasteiger partial charge in [0, 0.05) is 37.9 Å². The number of hydrogen-bond donors (Lipinski definition) is 3. The molecule has 4 N–H and O–H groups in total. The molecule has 0 atom stereocenters. The number of nitrogens with two attached hydrogens (primary N) is 1. The second kappa shape index (κ2) is 9.26. The molecule has 0 radical (unpaired) electrons. The highest BCUT2D eigenvalue weighted by Gasteiger charge is 2.20. The van der Waals surface area contributed by atoms with E-state index < -0.39 is 10.0 Å². The third-order valence-electron chi connectivity index (χ3n) is 5.69. The zero-order valence-corrected chi connectivity index (χ0v) is 20.1. The number of hydrogen-bond acceptors (Lipinski definition) is 8. The van der Waals surface area contributed by atoms with Gasteiger partial charge >= 0.3 is 0 Å². The van der Waals surface area contributed by atoms with Gasteiger partial charge in [-0.05, 0) is 56.2 Å². The van der Waals surface area contributed by atoms with Gasteiger partial charge in [0.1, 0.15) is 11.6 Å². The van der Waals surface area contributed by atoms with Crippen molar-refractivity contribution in [3.8, 4) is 0 Å². The van der Waals surface area contributed by atoms with Crippen molar-refractivity contribution in [2.75, 3.05) is 31.0 Å². The molecular formula is C21H29N7O2S2. The molecule has 0 spiro atoms. The normalized spacial score (nSPS) is 19.4. The molecule has 11 heteroatoms. The Morgan fingerprint density at radius 1 is 1.16 bits per heavy atom. The molecule has 0 unspecified atom stereocenters. The smallest absolute Gasteiger partial charge is 0.242 e. The summed E-state index contributed by atoms with van der Waals surface area (Å²) in [5.41, 5.74) is 7.57. The quantitative estimate of drug-likeness (QED) is 0.446. The van der Waals surface area contributed by atoms with Gasteiger partial charge in [0.05, 0.1) is 16.0 Å². The van der Waals surface area contributed by atoms with E-state index in [1.165, 1.54) is 18.4 Å². The summed E-state index contributed by atoms with van der Waals surface area (Å²) in [6.45, 7) is 0. The Balaban J connectivity index is 1.63. The zero-order chi connectivity index (χ0) is 22.9. The van der Waals surface area contributed by atoms with Crippen LogP contribution in [0.15, 0.2) is 46.3 Å². The predicted molar refractivity (Wildman–Crippen MR) is 129 cm³/mol. The third-order valence-corrected chi connectivity index (χ3v) is 8.25. The highest BCUT2D eigenvalue weighted by atomic mass is 32.2. The molecule has 1 saturated carbocycles. The number of nitrogens with one attached hydrogen (secondary N) is 2. The first kappa shape index (κ1) is 22.8. The lowest BCUT2D eigenvalue weighted by molar-refractivity contribution is 0.410. The van der Waals surface area contributed by atoms with Crippen LogP contribution in [0.2, 0.25) is 0 Å². The van der Waals surface area contributed by atoms with Gasteiger partial charge in [-0.1, -0.05) is 0 Å². The molecule has 2 aromatic heterocycles. The van der Waals surface area contributed by atoms with E-state index in [1.807, 2.05) is 12.3 Å². The largest absolute Gasteiger partial charge is 0.367 e. The fourth-order valence-electron chi connectivity index (χ4n) is 3.79. The molecule has 1 aliphatic rings. The zero-order valence-electron chi connectivity index (χ0n) is 18.4. The first-order valence-corrected chi connectivity index (χ1v) is 13.2. The van der Waals surface area contributed by atoms with Crippen molar-refractivity contribution in [1.29, 1.82) is 0 Å². The molecule has 0 aliphatic heterocycles. The summed E-state index contributed by atoms with van der Waals surface area (Å²) in [6, 6.07) is 9.25. The summed E-state index contributed by atoms with van der Waals surface area (Å²) >= 11 is 1.59. The van der Waals surface area contributed by atoms with Crippen LogP contribution in [0, 0.1) is 0 Å². The Kier molecular flexibility index (Phi) is 6.61. The number of anilines is 3. The minimum atomic E-state index is -3.47. The SMILES string of the molecule is CSc1cnn2c(Nc3ccc(S(=O)(=O)N(C)C)cc3)cc(N[C@H]3CC[C@H](N)CC3)nc12. The molecule has 0 saturated heterocycles. The average Bonchev–Trinajstić information content (AvgIpc) is 3.19. The van der Waals surface area contributed by atoms with Crippen molar-refractivity contribution in [3.05, 3.63) is 36.5 Å². The Morgan fingerprint density at radius 3 is 2.47 bits per heavy atom. The number of thioether (sulfide) groups is 1. The molecule has 3 aromatic rings. The van der Waals surface area contributed by atoms with E-state index in [4.69, 9.17) is 10.7 Å². The standard InChI is InChI=1S/C21H29N7O2S2/c1-27(2)32(29,30)17-10-8-16(9-11-17)25-20-12-19(24-15-6-4-14(22)5-7-15)26-21-18(31-3)13-23-28(20)21/h8-15,25H,4-7,22H2,1-3H3,(H,24,26)/t14-,15-. The Labute approximate surface area is 192 Å². The van der Waals surface area contributed by atoms with Crippen LogP contribution in [-0.2, 0) is 10.0 Å². The van der Waals surface area contributed by atoms with E-state index >= 15 is 0 Å². The van der Waals surface area contributed by atoms with Crippen LogP contribution in [0.4, 0.5) is 17.3 Å². The summed E-state index contributed by atoms with van der Waals surface area (Å²) < 4.78 is 27.6. The molecule has 172 valence electrons. The van der Waals surface area contributed by atoms with Crippen LogP contribution in [0.3, 0.4) is 0 Å². The average molecular weight is 476 g/mol. The van der Waals surface area contributed by atoms with Crippen molar-refractivity contribution in [2.24, 2.45) is 5.73 Å². The van der Waals surface area contributed by atoms with Gasteiger partial charge in [-0.15, -0.1) is 11.8 Å². The topological polar surface area (TPSA) is 118 Å². The third kappa shape index (κ3) is 4.70. The molecule has 1 aromatic carbocycles. The summed E-state index contributed by atoms with van der Waals surface area (Å²) in [5, 5.41) is 11.4. The van der Waals surface area contributed by atoms with Crippen LogP contribution in [-0.4, -0.2) is 59.8 Å². The lowest BCUT2D eigenvalue weighted by Crippen LogP contribution is -2.33. The molecule has 32 heavy (non-hydrogen) atoms. The Bertz CT molecular complexity index is 1180. The van der Waals surface area contributed by atoms with E-state index in [9.17, 15) is 8.42 Å². The first-order valence-electron chi connectivity index (χ1n) is 10.5.